The Bertz CT molecular complexity index is 739. The van der Waals surface area contributed by atoms with Crippen molar-refractivity contribution < 1.29 is 8.42 Å². The molecule has 130 valence electrons. The Morgan fingerprint density at radius 3 is 2.42 bits per heavy atom. The predicted octanol–water partition coefficient (Wildman–Crippen LogP) is 4.30. The fraction of sp³-hybridized carbons (Fsp3) is 0.450. The Kier molecular flexibility index (Phi) is 8.57. The van der Waals surface area contributed by atoms with Crippen molar-refractivity contribution in [3.05, 3.63) is 47.2 Å². The third kappa shape index (κ3) is 6.76. The largest absolute Gasteiger partial charge is 0.244 e. The van der Waals surface area contributed by atoms with E-state index < -0.39 is 10.0 Å². The van der Waals surface area contributed by atoms with Gasteiger partial charge in [0.1, 0.15) is 0 Å². The second-order valence-electron chi connectivity index (χ2n) is 5.92. The van der Waals surface area contributed by atoms with E-state index in [0.717, 1.165) is 30.4 Å². The quantitative estimate of drug-likeness (QED) is 0.420. The van der Waals surface area contributed by atoms with Gasteiger partial charge in [0.05, 0.1) is 11.4 Å². The molecule has 0 aliphatic rings. The third-order valence-corrected chi connectivity index (χ3v) is 5.21. The zero-order valence-electron chi connectivity index (χ0n) is 15.1. The number of hydrogen-bond donors (Lipinski definition) is 0. The lowest BCUT2D eigenvalue weighted by atomic mass is 10.2. The van der Waals surface area contributed by atoms with Crippen molar-refractivity contribution in [1.82, 2.24) is 4.31 Å². The van der Waals surface area contributed by atoms with Crippen LogP contribution in [0.5, 0.6) is 0 Å². The van der Waals surface area contributed by atoms with Gasteiger partial charge in [-0.3, -0.25) is 0 Å². The maximum absolute atomic E-state index is 12.8. The van der Waals surface area contributed by atoms with Gasteiger partial charge in [0.15, 0.2) is 0 Å². The summed E-state index contributed by atoms with van der Waals surface area (Å²) in [6.07, 6.45) is 4.67. The molecular formula is C20H27NO2S. The molecule has 0 aromatic heterocycles. The molecule has 24 heavy (non-hydrogen) atoms. The molecule has 0 aliphatic carbocycles. The lowest BCUT2D eigenvalue weighted by molar-refractivity contribution is 0.478. The maximum Gasteiger partial charge on any atom is 0.244 e. The van der Waals surface area contributed by atoms with E-state index in [1.165, 1.54) is 4.31 Å². The number of benzene rings is 1. The van der Waals surface area contributed by atoms with Gasteiger partial charge in [-0.15, -0.1) is 11.7 Å². The fourth-order valence-electron chi connectivity index (χ4n) is 1.96. The van der Waals surface area contributed by atoms with Crippen molar-refractivity contribution in [2.24, 2.45) is 0 Å². The van der Waals surface area contributed by atoms with Gasteiger partial charge >= 0.3 is 0 Å². The molecule has 0 amide bonds. The van der Waals surface area contributed by atoms with Gasteiger partial charge in [-0.1, -0.05) is 37.0 Å². The second-order valence-corrected chi connectivity index (χ2v) is 7.85. The Morgan fingerprint density at radius 2 is 1.83 bits per heavy atom. The number of rotatable bonds is 7. The Hall–Kier alpha value is -1.79. The molecule has 0 bridgehead atoms. The normalized spacial score (nSPS) is 10.7. The Morgan fingerprint density at radius 1 is 1.17 bits per heavy atom. The lowest BCUT2D eigenvalue weighted by Gasteiger charge is -2.18. The number of nitrogens with zero attached hydrogens (tertiary/aromatic N) is 1. The molecule has 1 aromatic carbocycles. The molecule has 0 heterocycles. The minimum atomic E-state index is -3.56. The topological polar surface area (TPSA) is 37.4 Å². The van der Waals surface area contributed by atoms with E-state index in [0.29, 0.717) is 4.90 Å². The van der Waals surface area contributed by atoms with Crippen LogP contribution < -0.4 is 0 Å². The first-order valence-corrected chi connectivity index (χ1v) is 9.73. The molecule has 4 heteroatoms. The molecule has 0 fully saturated rings. The molecule has 0 radical (unpaired) electrons. The molecule has 1 rings (SSSR count). The van der Waals surface area contributed by atoms with E-state index in [-0.39, 0.29) is 13.1 Å². The molecule has 0 atom stereocenters. The van der Waals surface area contributed by atoms with Crippen LogP contribution in [0.3, 0.4) is 0 Å². The molecule has 1 aromatic rings. The van der Waals surface area contributed by atoms with Crippen LogP contribution in [0.2, 0.25) is 0 Å². The lowest BCUT2D eigenvalue weighted by Crippen LogP contribution is -2.31. The first kappa shape index (κ1) is 20.3. The maximum atomic E-state index is 12.8. The monoisotopic (exact) mass is 345 g/mol. The van der Waals surface area contributed by atoms with Gasteiger partial charge in [0, 0.05) is 13.0 Å². The minimum Gasteiger partial charge on any atom is -0.207 e. The summed E-state index contributed by atoms with van der Waals surface area (Å²) in [5.74, 6) is 6.04. The zero-order chi connectivity index (χ0) is 18.0. The SMILES string of the molecule is CCCCC#CCN(CC=C=C(C)C)S(=O)(=O)c1ccc(C)cc1. The van der Waals surface area contributed by atoms with Crippen molar-refractivity contribution in [3.63, 3.8) is 0 Å². The molecule has 0 unspecified atom stereocenters. The van der Waals surface area contributed by atoms with Gasteiger partial charge in [-0.2, -0.15) is 4.31 Å². The summed E-state index contributed by atoms with van der Waals surface area (Å²) in [4.78, 5) is 0.300. The molecule has 0 saturated heterocycles. The highest BCUT2D eigenvalue weighted by atomic mass is 32.2. The first-order chi connectivity index (χ1) is 11.4. The number of sulfonamides is 1. The van der Waals surface area contributed by atoms with E-state index in [9.17, 15) is 8.42 Å². The van der Waals surface area contributed by atoms with E-state index >= 15 is 0 Å². The zero-order valence-corrected chi connectivity index (χ0v) is 15.9. The average molecular weight is 346 g/mol. The van der Waals surface area contributed by atoms with Crippen LogP contribution in [0, 0.1) is 18.8 Å². The van der Waals surface area contributed by atoms with Crippen LogP contribution in [0.15, 0.2) is 46.5 Å². The van der Waals surface area contributed by atoms with Gasteiger partial charge < -0.3 is 0 Å². The highest BCUT2D eigenvalue weighted by Crippen LogP contribution is 2.16. The average Bonchev–Trinajstić information content (AvgIpc) is 2.53. The number of aryl methyl sites for hydroxylation is 1. The van der Waals surface area contributed by atoms with Gasteiger partial charge in [0.25, 0.3) is 0 Å². The standard InChI is InChI=1S/C20H27NO2S/c1-5-6-7-8-9-16-21(17-10-11-18(2)3)24(22,23)20-14-12-19(4)13-15-20/h10,12-15H,5-7,16-17H2,1-4H3. The second kappa shape index (κ2) is 10.2. The number of unbranched alkanes of at least 4 members (excludes halogenated alkanes) is 2. The summed E-state index contributed by atoms with van der Waals surface area (Å²) in [5, 5.41) is 0. The predicted molar refractivity (Wildman–Crippen MR) is 100 cm³/mol. The summed E-state index contributed by atoms with van der Waals surface area (Å²) < 4.78 is 27.1. The van der Waals surface area contributed by atoms with Crippen LogP contribution in [-0.4, -0.2) is 25.8 Å². The minimum absolute atomic E-state index is 0.195. The molecule has 0 spiro atoms. The van der Waals surface area contributed by atoms with Crippen molar-refractivity contribution in [1.29, 1.82) is 0 Å². The van der Waals surface area contributed by atoms with E-state index in [1.54, 1.807) is 18.2 Å². The van der Waals surface area contributed by atoms with Crippen molar-refractivity contribution >= 4 is 10.0 Å². The summed E-state index contributed by atoms with van der Waals surface area (Å²) in [5.41, 5.74) is 5.10. The van der Waals surface area contributed by atoms with Crippen molar-refractivity contribution in [3.8, 4) is 11.8 Å². The molecule has 0 aliphatic heterocycles. The highest BCUT2D eigenvalue weighted by molar-refractivity contribution is 7.89. The Labute approximate surface area is 147 Å². The van der Waals surface area contributed by atoms with E-state index in [1.807, 2.05) is 32.9 Å². The van der Waals surface area contributed by atoms with Gasteiger partial charge in [0.2, 0.25) is 10.0 Å². The van der Waals surface area contributed by atoms with Gasteiger partial charge in [-0.25, -0.2) is 8.42 Å². The molecular weight excluding hydrogens is 318 g/mol. The third-order valence-electron chi connectivity index (χ3n) is 3.38. The van der Waals surface area contributed by atoms with Crippen LogP contribution in [0.4, 0.5) is 0 Å². The fourth-order valence-corrected chi connectivity index (χ4v) is 3.24. The van der Waals surface area contributed by atoms with Crippen LogP contribution in [-0.2, 0) is 10.0 Å². The van der Waals surface area contributed by atoms with Crippen LogP contribution in [0.25, 0.3) is 0 Å². The molecule has 0 N–H and O–H groups in total. The highest BCUT2D eigenvalue weighted by Gasteiger charge is 2.22. The molecule has 3 nitrogen and oxygen atoms in total. The molecule has 0 saturated carbocycles. The summed E-state index contributed by atoms with van der Waals surface area (Å²) in [6.45, 7) is 8.37. The number of hydrogen-bond acceptors (Lipinski definition) is 2. The smallest absolute Gasteiger partial charge is 0.207 e. The van der Waals surface area contributed by atoms with Crippen molar-refractivity contribution in [2.75, 3.05) is 13.1 Å². The Balaban J connectivity index is 3.02. The summed E-state index contributed by atoms with van der Waals surface area (Å²) in [6, 6.07) is 6.91. The van der Waals surface area contributed by atoms with Crippen LogP contribution in [0.1, 0.15) is 45.6 Å². The van der Waals surface area contributed by atoms with E-state index in [2.05, 4.69) is 24.5 Å². The van der Waals surface area contributed by atoms with Gasteiger partial charge in [-0.05, 0) is 51.0 Å². The first-order valence-electron chi connectivity index (χ1n) is 8.28. The summed E-state index contributed by atoms with van der Waals surface area (Å²) >= 11 is 0. The summed E-state index contributed by atoms with van der Waals surface area (Å²) in [7, 11) is -3.56. The van der Waals surface area contributed by atoms with Crippen LogP contribution >= 0.6 is 0 Å². The van der Waals surface area contributed by atoms with Crippen molar-refractivity contribution in [2.45, 2.75) is 51.9 Å². The van der Waals surface area contributed by atoms with E-state index in [4.69, 9.17) is 0 Å².